The second-order valence-corrected chi connectivity index (χ2v) is 7.36. The van der Waals surface area contributed by atoms with Crippen molar-refractivity contribution in [3.63, 3.8) is 0 Å². The lowest BCUT2D eigenvalue weighted by Gasteiger charge is -2.56. The van der Waals surface area contributed by atoms with E-state index in [-0.39, 0.29) is 0 Å². The number of hydrogen-bond donors (Lipinski definition) is 1. The third kappa shape index (κ3) is 2.10. The highest BCUT2D eigenvalue weighted by atomic mass is 15.4. The van der Waals surface area contributed by atoms with E-state index in [4.69, 9.17) is 5.73 Å². The fourth-order valence-corrected chi connectivity index (χ4v) is 5.51. The summed E-state index contributed by atoms with van der Waals surface area (Å²) in [6, 6.07) is 0. The predicted octanol–water partition coefficient (Wildman–Crippen LogP) is 2.00. The van der Waals surface area contributed by atoms with E-state index in [9.17, 15) is 0 Å². The number of aromatic nitrogens is 3. The van der Waals surface area contributed by atoms with Crippen LogP contribution in [0.25, 0.3) is 0 Å². The van der Waals surface area contributed by atoms with Gasteiger partial charge in [0.2, 0.25) is 0 Å². The zero-order chi connectivity index (χ0) is 12.9. The molecule has 0 amide bonds. The minimum Gasteiger partial charge on any atom is -0.330 e. The molecule has 4 heteroatoms. The van der Waals surface area contributed by atoms with E-state index in [1.54, 1.807) is 0 Å². The minimum atomic E-state index is 0.544. The maximum absolute atomic E-state index is 5.58. The van der Waals surface area contributed by atoms with Gasteiger partial charge in [-0.15, -0.1) is 5.10 Å². The molecule has 0 unspecified atom stereocenters. The van der Waals surface area contributed by atoms with E-state index in [1.807, 2.05) is 0 Å². The number of hydrogen-bond acceptors (Lipinski definition) is 3. The number of nitrogens with zero attached hydrogens (tertiary/aromatic N) is 3. The van der Waals surface area contributed by atoms with Gasteiger partial charge in [-0.05, 0) is 68.2 Å². The summed E-state index contributed by atoms with van der Waals surface area (Å²) in [6.45, 7) is 1.75. The summed E-state index contributed by atoms with van der Waals surface area (Å²) >= 11 is 0. The van der Waals surface area contributed by atoms with E-state index >= 15 is 0 Å². The van der Waals surface area contributed by atoms with Crippen LogP contribution in [0, 0.1) is 23.2 Å². The van der Waals surface area contributed by atoms with Gasteiger partial charge in [0.15, 0.2) is 0 Å². The van der Waals surface area contributed by atoms with Crippen LogP contribution < -0.4 is 5.73 Å². The molecular weight excluding hydrogens is 236 g/mol. The Morgan fingerprint density at radius 3 is 2.37 bits per heavy atom. The lowest BCUT2D eigenvalue weighted by atomic mass is 9.49. The van der Waals surface area contributed by atoms with E-state index in [1.165, 1.54) is 38.5 Å². The van der Waals surface area contributed by atoms with Crippen molar-refractivity contribution in [2.45, 2.75) is 51.5 Å². The summed E-state index contributed by atoms with van der Waals surface area (Å²) in [6.07, 6.45) is 11.8. The Labute approximate surface area is 114 Å². The summed E-state index contributed by atoms with van der Waals surface area (Å²) in [5.74, 6) is 3.04. The number of nitrogens with two attached hydrogens (primary N) is 1. The van der Waals surface area contributed by atoms with Crippen LogP contribution in [0.15, 0.2) is 6.20 Å². The summed E-state index contributed by atoms with van der Waals surface area (Å²) < 4.78 is 2.10. The van der Waals surface area contributed by atoms with Gasteiger partial charge in [-0.2, -0.15) is 0 Å². The molecule has 0 aromatic carbocycles. The first-order chi connectivity index (χ1) is 9.25. The summed E-state index contributed by atoms with van der Waals surface area (Å²) in [5, 5.41) is 8.56. The highest BCUT2D eigenvalue weighted by Gasteiger charge is 2.50. The Kier molecular flexibility index (Phi) is 2.69. The molecule has 4 aliphatic rings. The standard InChI is InChI=1S/C15H24N4/c16-2-1-14-9-19(18-17-14)10-15-6-11-3-12(7-15)5-13(4-11)8-15/h9,11-13H,1-8,10,16H2. The molecule has 1 aromatic rings. The van der Waals surface area contributed by atoms with Crippen LogP contribution in [0.3, 0.4) is 0 Å². The molecule has 4 saturated carbocycles. The molecule has 5 rings (SSSR count). The van der Waals surface area contributed by atoms with Crippen molar-refractivity contribution < 1.29 is 0 Å². The van der Waals surface area contributed by atoms with Crippen molar-refractivity contribution in [1.29, 1.82) is 0 Å². The first-order valence-electron chi connectivity index (χ1n) is 7.84. The van der Waals surface area contributed by atoms with Crippen molar-refractivity contribution in [3.8, 4) is 0 Å². The zero-order valence-electron chi connectivity index (χ0n) is 11.6. The SMILES string of the molecule is NCCc1cn(CC23CC4CC(CC(C4)C2)C3)nn1. The third-order valence-corrected chi connectivity index (χ3v) is 5.65. The molecule has 4 nitrogen and oxygen atoms in total. The van der Waals surface area contributed by atoms with Gasteiger partial charge in [-0.1, -0.05) is 5.21 Å². The molecule has 104 valence electrons. The van der Waals surface area contributed by atoms with Crippen molar-refractivity contribution in [3.05, 3.63) is 11.9 Å². The van der Waals surface area contributed by atoms with Gasteiger partial charge in [0.25, 0.3) is 0 Å². The minimum absolute atomic E-state index is 0.544. The van der Waals surface area contributed by atoms with E-state index < -0.39 is 0 Å². The van der Waals surface area contributed by atoms with Gasteiger partial charge >= 0.3 is 0 Å². The van der Waals surface area contributed by atoms with Crippen molar-refractivity contribution in [2.75, 3.05) is 6.54 Å². The second-order valence-electron chi connectivity index (χ2n) is 7.36. The second kappa shape index (κ2) is 4.30. The lowest BCUT2D eigenvalue weighted by molar-refractivity contribution is -0.0637. The quantitative estimate of drug-likeness (QED) is 0.900. The fraction of sp³-hybridized carbons (Fsp3) is 0.867. The predicted molar refractivity (Wildman–Crippen MR) is 73.4 cm³/mol. The van der Waals surface area contributed by atoms with E-state index in [2.05, 4.69) is 21.2 Å². The van der Waals surface area contributed by atoms with Gasteiger partial charge < -0.3 is 5.73 Å². The van der Waals surface area contributed by atoms with Crippen molar-refractivity contribution in [2.24, 2.45) is 28.9 Å². The molecule has 19 heavy (non-hydrogen) atoms. The van der Waals surface area contributed by atoms with Crippen LogP contribution in [0.5, 0.6) is 0 Å². The van der Waals surface area contributed by atoms with E-state index in [0.717, 1.165) is 36.4 Å². The molecule has 0 radical (unpaired) electrons. The molecule has 4 fully saturated rings. The van der Waals surface area contributed by atoms with Gasteiger partial charge in [-0.25, -0.2) is 0 Å². The lowest BCUT2D eigenvalue weighted by Crippen LogP contribution is -2.48. The molecule has 1 aromatic heterocycles. The number of rotatable bonds is 4. The summed E-state index contributed by atoms with van der Waals surface area (Å²) in [4.78, 5) is 0. The zero-order valence-corrected chi connectivity index (χ0v) is 11.6. The van der Waals surface area contributed by atoms with Crippen LogP contribution in [-0.4, -0.2) is 21.5 Å². The monoisotopic (exact) mass is 260 g/mol. The maximum atomic E-state index is 5.58. The molecule has 0 saturated heterocycles. The van der Waals surface area contributed by atoms with Crippen LogP contribution in [0.1, 0.15) is 44.2 Å². The van der Waals surface area contributed by atoms with Crippen LogP contribution in [-0.2, 0) is 13.0 Å². The van der Waals surface area contributed by atoms with Crippen molar-refractivity contribution >= 4 is 0 Å². The average Bonchev–Trinajstić information content (AvgIpc) is 2.74. The molecule has 4 aliphatic carbocycles. The normalized spacial score (nSPS) is 39.9. The maximum Gasteiger partial charge on any atom is 0.0839 e. The molecule has 0 spiro atoms. The van der Waals surface area contributed by atoms with Crippen molar-refractivity contribution in [1.82, 2.24) is 15.0 Å². The van der Waals surface area contributed by atoms with Crippen LogP contribution >= 0.6 is 0 Å². The Morgan fingerprint density at radius 2 is 1.79 bits per heavy atom. The van der Waals surface area contributed by atoms with Gasteiger partial charge in [0.1, 0.15) is 0 Å². The molecule has 0 aliphatic heterocycles. The Balaban J connectivity index is 1.52. The molecule has 0 atom stereocenters. The highest BCUT2D eigenvalue weighted by Crippen LogP contribution is 2.60. The van der Waals surface area contributed by atoms with Gasteiger partial charge in [0, 0.05) is 19.2 Å². The fourth-order valence-electron chi connectivity index (χ4n) is 5.51. The first kappa shape index (κ1) is 11.9. The van der Waals surface area contributed by atoms with E-state index in [0.29, 0.717) is 12.0 Å². The Bertz CT molecular complexity index is 429. The van der Waals surface area contributed by atoms with Gasteiger partial charge in [0.05, 0.1) is 5.69 Å². The third-order valence-electron chi connectivity index (χ3n) is 5.65. The average molecular weight is 260 g/mol. The summed E-state index contributed by atoms with van der Waals surface area (Å²) in [7, 11) is 0. The highest BCUT2D eigenvalue weighted by molar-refractivity contribution is 5.02. The Hall–Kier alpha value is -0.900. The van der Waals surface area contributed by atoms with Crippen LogP contribution in [0.4, 0.5) is 0 Å². The molecule has 1 heterocycles. The smallest absolute Gasteiger partial charge is 0.0839 e. The van der Waals surface area contributed by atoms with Crippen LogP contribution in [0.2, 0.25) is 0 Å². The molecule has 4 bridgehead atoms. The topological polar surface area (TPSA) is 56.7 Å². The van der Waals surface area contributed by atoms with Gasteiger partial charge in [-0.3, -0.25) is 4.68 Å². The Morgan fingerprint density at radius 1 is 1.16 bits per heavy atom. The molecule has 2 N–H and O–H groups in total. The summed E-state index contributed by atoms with van der Waals surface area (Å²) in [5.41, 5.74) is 7.17. The first-order valence-corrected chi connectivity index (χ1v) is 7.84. The molecular formula is C15H24N4. The largest absolute Gasteiger partial charge is 0.330 e.